The smallest absolute Gasteiger partial charge is 0.338 e. The third kappa shape index (κ3) is 4.61. The van der Waals surface area contributed by atoms with Crippen LogP contribution in [0.4, 0.5) is 0 Å². The number of esters is 1. The van der Waals surface area contributed by atoms with Gasteiger partial charge < -0.3 is 10.5 Å². The van der Waals surface area contributed by atoms with Crippen LogP contribution in [0.15, 0.2) is 24.3 Å². The molecule has 0 spiro atoms. The molecule has 1 rings (SSSR count). The first-order chi connectivity index (χ1) is 7.24. The maximum atomic E-state index is 11.5. The van der Waals surface area contributed by atoms with Crippen molar-refractivity contribution in [2.75, 3.05) is 13.2 Å². The van der Waals surface area contributed by atoms with Crippen molar-refractivity contribution in [2.24, 2.45) is 5.73 Å². The molecule has 2 N–H and O–H groups in total. The lowest BCUT2D eigenvalue weighted by Crippen LogP contribution is -2.08. The zero-order valence-corrected chi connectivity index (χ0v) is 10.6. The summed E-state index contributed by atoms with van der Waals surface area (Å²) in [5, 5.41) is 0. The van der Waals surface area contributed by atoms with Crippen LogP contribution >= 0.6 is 22.6 Å². The summed E-state index contributed by atoms with van der Waals surface area (Å²) in [4.78, 5) is 11.5. The Bertz CT molecular complexity index is 311. The summed E-state index contributed by atoms with van der Waals surface area (Å²) in [6.07, 6.45) is 1.71. The van der Waals surface area contributed by atoms with Gasteiger partial charge in [0.15, 0.2) is 0 Å². The van der Waals surface area contributed by atoms with Crippen LogP contribution in [0.25, 0.3) is 0 Å². The second kappa shape index (κ2) is 6.79. The summed E-state index contributed by atoms with van der Waals surface area (Å²) >= 11 is 2.19. The first kappa shape index (κ1) is 12.4. The van der Waals surface area contributed by atoms with Gasteiger partial charge in [-0.25, -0.2) is 4.79 Å². The van der Waals surface area contributed by atoms with Crippen molar-refractivity contribution in [2.45, 2.75) is 12.8 Å². The van der Waals surface area contributed by atoms with Gasteiger partial charge in [-0.2, -0.15) is 0 Å². The van der Waals surface area contributed by atoms with Gasteiger partial charge in [0, 0.05) is 3.57 Å². The molecule has 4 heteroatoms. The standard InChI is InChI=1S/C11H14INO2/c12-10-5-3-9(4-6-10)11(14)15-8-2-1-7-13/h3-6H,1-2,7-8,13H2. The third-order valence-electron chi connectivity index (χ3n) is 1.91. The van der Waals surface area contributed by atoms with Crippen molar-refractivity contribution >= 4 is 28.6 Å². The molecule has 0 amide bonds. The van der Waals surface area contributed by atoms with E-state index in [9.17, 15) is 4.79 Å². The van der Waals surface area contributed by atoms with E-state index in [1.807, 2.05) is 12.1 Å². The molecule has 0 fully saturated rings. The van der Waals surface area contributed by atoms with Gasteiger partial charge in [-0.05, 0) is 66.2 Å². The highest BCUT2D eigenvalue weighted by atomic mass is 127. The Hall–Kier alpha value is -0.620. The number of nitrogens with two attached hydrogens (primary N) is 1. The molecule has 82 valence electrons. The predicted octanol–water partition coefficient (Wildman–Crippen LogP) is 2.19. The van der Waals surface area contributed by atoms with E-state index in [1.54, 1.807) is 12.1 Å². The van der Waals surface area contributed by atoms with Crippen molar-refractivity contribution in [3.05, 3.63) is 33.4 Å². The fourth-order valence-electron chi connectivity index (χ4n) is 1.08. The van der Waals surface area contributed by atoms with Crippen molar-refractivity contribution in [3.8, 4) is 0 Å². The Balaban J connectivity index is 2.37. The Morgan fingerprint density at radius 3 is 2.53 bits per heavy atom. The number of rotatable bonds is 5. The number of carbonyl (C=O) groups excluding carboxylic acids is 1. The normalized spacial score (nSPS) is 10.0. The Kier molecular flexibility index (Phi) is 5.63. The second-order valence-electron chi connectivity index (χ2n) is 3.14. The lowest BCUT2D eigenvalue weighted by atomic mass is 10.2. The van der Waals surface area contributed by atoms with E-state index in [2.05, 4.69) is 22.6 Å². The second-order valence-corrected chi connectivity index (χ2v) is 4.38. The third-order valence-corrected chi connectivity index (χ3v) is 2.63. The van der Waals surface area contributed by atoms with Crippen LogP contribution in [-0.4, -0.2) is 19.1 Å². The monoisotopic (exact) mass is 319 g/mol. The summed E-state index contributed by atoms with van der Waals surface area (Å²) in [6, 6.07) is 7.31. The van der Waals surface area contributed by atoms with Gasteiger partial charge in [-0.3, -0.25) is 0 Å². The number of halogens is 1. The SMILES string of the molecule is NCCCCOC(=O)c1ccc(I)cc1. The van der Waals surface area contributed by atoms with Crippen LogP contribution in [0.1, 0.15) is 23.2 Å². The molecule has 1 aromatic rings. The molecular formula is C11H14INO2. The average Bonchev–Trinajstić information content (AvgIpc) is 2.25. The molecule has 0 unspecified atom stereocenters. The van der Waals surface area contributed by atoms with E-state index in [0.717, 1.165) is 16.4 Å². The summed E-state index contributed by atoms with van der Waals surface area (Å²) in [6.45, 7) is 1.09. The predicted molar refractivity (Wildman–Crippen MR) is 67.7 cm³/mol. The minimum absolute atomic E-state index is 0.261. The highest BCUT2D eigenvalue weighted by molar-refractivity contribution is 14.1. The van der Waals surface area contributed by atoms with E-state index >= 15 is 0 Å². The van der Waals surface area contributed by atoms with E-state index in [-0.39, 0.29) is 5.97 Å². The van der Waals surface area contributed by atoms with Crippen LogP contribution in [0.2, 0.25) is 0 Å². The first-order valence-electron chi connectivity index (χ1n) is 4.87. The molecule has 0 heterocycles. The number of hydrogen-bond donors (Lipinski definition) is 1. The van der Waals surface area contributed by atoms with Crippen molar-refractivity contribution in [1.29, 1.82) is 0 Å². The molecule has 0 atom stereocenters. The number of unbranched alkanes of at least 4 members (excludes halogenated alkanes) is 1. The maximum Gasteiger partial charge on any atom is 0.338 e. The quantitative estimate of drug-likeness (QED) is 0.514. The van der Waals surface area contributed by atoms with Crippen LogP contribution in [-0.2, 0) is 4.74 Å². The molecular weight excluding hydrogens is 305 g/mol. The topological polar surface area (TPSA) is 52.3 Å². The zero-order chi connectivity index (χ0) is 11.1. The molecule has 0 aromatic heterocycles. The van der Waals surface area contributed by atoms with E-state index in [0.29, 0.717) is 18.7 Å². The minimum atomic E-state index is -0.261. The highest BCUT2D eigenvalue weighted by Gasteiger charge is 2.05. The molecule has 0 aliphatic carbocycles. The maximum absolute atomic E-state index is 11.5. The molecule has 15 heavy (non-hydrogen) atoms. The molecule has 1 aromatic carbocycles. The van der Waals surface area contributed by atoms with Gasteiger partial charge in [0.2, 0.25) is 0 Å². The first-order valence-corrected chi connectivity index (χ1v) is 5.94. The van der Waals surface area contributed by atoms with Crippen LogP contribution < -0.4 is 5.73 Å². The van der Waals surface area contributed by atoms with Crippen LogP contribution in [0, 0.1) is 3.57 Å². The molecule has 0 saturated heterocycles. The van der Waals surface area contributed by atoms with E-state index < -0.39 is 0 Å². The summed E-state index contributed by atoms with van der Waals surface area (Å²) in [5.74, 6) is -0.261. The molecule has 0 saturated carbocycles. The fraction of sp³-hybridized carbons (Fsp3) is 0.364. The largest absolute Gasteiger partial charge is 0.462 e. The van der Waals surface area contributed by atoms with Crippen LogP contribution in [0.5, 0.6) is 0 Å². The van der Waals surface area contributed by atoms with E-state index in [1.165, 1.54) is 0 Å². The minimum Gasteiger partial charge on any atom is -0.462 e. The molecule has 0 aliphatic rings. The Labute approximate surface area is 103 Å². The van der Waals surface area contributed by atoms with Crippen molar-refractivity contribution in [1.82, 2.24) is 0 Å². The number of benzene rings is 1. The lowest BCUT2D eigenvalue weighted by molar-refractivity contribution is 0.0499. The summed E-state index contributed by atoms with van der Waals surface area (Å²) < 4.78 is 6.18. The summed E-state index contributed by atoms with van der Waals surface area (Å²) in [5.41, 5.74) is 5.93. The van der Waals surface area contributed by atoms with Gasteiger partial charge in [0.05, 0.1) is 12.2 Å². The van der Waals surface area contributed by atoms with Crippen molar-refractivity contribution < 1.29 is 9.53 Å². The van der Waals surface area contributed by atoms with Gasteiger partial charge in [-0.15, -0.1) is 0 Å². The van der Waals surface area contributed by atoms with Gasteiger partial charge in [-0.1, -0.05) is 0 Å². The Morgan fingerprint density at radius 1 is 1.27 bits per heavy atom. The average molecular weight is 319 g/mol. The number of hydrogen-bond acceptors (Lipinski definition) is 3. The molecule has 0 bridgehead atoms. The van der Waals surface area contributed by atoms with Crippen LogP contribution in [0.3, 0.4) is 0 Å². The number of ether oxygens (including phenoxy) is 1. The fourth-order valence-corrected chi connectivity index (χ4v) is 1.44. The molecule has 3 nitrogen and oxygen atoms in total. The van der Waals surface area contributed by atoms with Crippen molar-refractivity contribution in [3.63, 3.8) is 0 Å². The van der Waals surface area contributed by atoms with E-state index in [4.69, 9.17) is 10.5 Å². The van der Waals surface area contributed by atoms with Gasteiger partial charge in [0.1, 0.15) is 0 Å². The lowest BCUT2D eigenvalue weighted by Gasteiger charge is -2.03. The summed E-state index contributed by atoms with van der Waals surface area (Å²) in [7, 11) is 0. The number of carbonyl (C=O) groups is 1. The zero-order valence-electron chi connectivity index (χ0n) is 8.41. The molecule has 0 radical (unpaired) electrons. The Morgan fingerprint density at radius 2 is 1.93 bits per heavy atom. The van der Waals surface area contributed by atoms with Gasteiger partial charge >= 0.3 is 5.97 Å². The highest BCUT2D eigenvalue weighted by Crippen LogP contribution is 2.08. The van der Waals surface area contributed by atoms with Gasteiger partial charge in [0.25, 0.3) is 0 Å². The molecule has 0 aliphatic heterocycles.